The molecule has 0 spiro atoms. The molecule has 0 aliphatic carbocycles. The average Bonchev–Trinajstić information content (AvgIpc) is 3.21. The van der Waals surface area contributed by atoms with E-state index >= 15 is 0 Å². The molecule has 1 unspecified atom stereocenters. The minimum atomic E-state index is -3.69. The summed E-state index contributed by atoms with van der Waals surface area (Å²) >= 11 is 0. The number of ether oxygens (including phenoxy) is 3. The van der Waals surface area contributed by atoms with E-state index in [1.807, 2.05) is 0 Å². The average molecular weight is 1010 g/mol. The summed E-state index contributed by atoms with van der Waals surface area (Å²) in [5.74, 6) is -1.08. The van der Waals surface area contributed by atoms with E-state index in [2.05, 4.69) is 105 Å². The van der Waals surface area contributed by atoms with Crippen LogP contribution in [0.2, 0.25) is 0 Å². The highest BCUT2D eigenvalue weighted by Crippen LogP contribution is 2.54. The summed E-state index contributed by atoms with van der Waals surface area (Å²) in [6.45, 7) is 28.1. The predicted octanol–water partition coefficient (Wildman–Crippen LogP) is 4.59. The maximum absolute atomic E-state index is 13.6. The second-order valence-corrected chi connectivity index (χ2v) is 24.7. The smallest absolute Gasteiger partial charge is 0.333 e. The van der Waals surface area contributed by atoms with Gasteiger partial charge in [0.25, 0.3) is 0 Å². The molecular formula is C49H99N8O11P. The molecule has 0 rings (SSSR count). The largest absolute Gasteiger partial charge is 0.378 e. The minimum Gasteiger partial charge on any atom is -0.378 e. The zero-order valence-electron chi connectivity index (χ0n) is 45.1. The van der Waals surface area contributed by atoms with Crippen molar-refractivity contribution in [3.8, 4) is 0 Å². The molecule has 406 valence electrons. The number of amides is 5. The predicted molar refractivity (Wildman–Crippen MR) is 274 cm³/mol. The SMILES string of the molecule is CC(C)(C)NCCCNC(=O)CCOCC(COCCC(=O)NCCCNC(C)(C)C)(COCCC(=O)NCCCNC(C)(C)C)NC(=O)CCCC(=O)NCCCCCCOP(=O)(O)C(C)(C)C. The summed E-state index contributed by atoms with van der Waals surface area (Å²) in [4.78, 5) is 74.3. The summed E-state index contributed by atoms with van der Waals surface area (Å²) < 4.78 is 35.6. The van der Waals surface area contributed by atoms with Crippen LogP contribution in [0, 0.1) is 0 Å². The van der Waals surface area contributed by atoms with Crippen LogP contribution in [0.3, 0.4) is 0 Å². The van der Waals surface area contributed by atoms with Crippen molar-refractivity contribution in [3.63, 3.8) is 0 Å². The van der Waals surface area contributed by atoms with Gasteiger partial charge in [0.1, 0.15) is 5.54 Å². The Bertz CT molecular complexity index is 1390. The number of carbonyl (C=O) groups excluding carboxylic acids is 5. The molecule has 0 saturated heterocycles. The Hall–Kier alpha value is -2.74. The van der Waals surface area contributed by atoms with Gasteiger partial charge in [-0.2, -0.15) is 0 Å². The molecule has 0 fully saturated rings. The van der Waals surface area contributed by atoms with Crippen LogP contribution in [0.25, 0.3) is 0 Å². The monoisotopic (exact) mass is 1010 g/mol. The molecule has 0 aliphatic heterocycles. The van der Waals surface area contributed by atoms with E-state index in [4.69, 9.17) is 18.7 Å². The molecule has 0 bridgehead atoms. The van der Waals surface area contributed by atoms with Crippen LogP contribution >= 0.6 is 7.60 Å². The lowest BCUT2D eigenvalue weighted by Crippen LogP contribution is -2.58. The van der Waals surface area contributed by atoms with Crippen LogP contribution in [0.4, 0.5) is 0 Å². The second kappa shape index (κ2) is 35.4. The molecule has 0 aromatic heterocycles. The molecule has 19 nitrogen and oxygen atoms in total. The number of unbranched alkanes of at least 4 members (excludes halogenated alkanes) is 3. The molecule has 9 N–H and O–H groups in total. The third-order valence-corrected chi connectivity index (χ3v) is 12.5. The zero-order valence-corrected chi connectivity index (χ0v) is 46.0. The summed E-state index contributed by atoms with van der Waals surface area (Å²) in [6, 6.07) is 0. The Morgan fingerprint density at radius 2 is 0.739 bits per heavy atom. The van der Waals surface area contributed by atoms with E-state index in [0.717, 1.165) is 58.2 Å². The van der Waals surface area contributed by atoms with Crippen LogP contribution in [0.1, 0.15) is 167 Å². The van der Waals surface area contributed by atoms with Gasteiger partial charge in [-0.05, 0) is 141 Å². The third-order valence-electron chi connectivity index (χ3n) is 10.3. The lowest BCUT2D eigenvalue weighted by atomic mass is 10.0. The van der Waals surface area contributed by atoms with Crippen molar-refractivity contribution in [2.45, 2.75) is 194 Å². The molecule has 0 heterocycles. The first kappa shape index (κ1) is 66.3. The minimum absolute atomic E-state index is 0.0165. The van der Waals surface area contributed by atoms with Crippen molar-refractivity contribution in [3.05, 3.63) is 0 Å². The fourth-order valence-corrected chi connectivity index (χ4v) is 6.94. The quantitative estimate of drug-likeness (QED) is 0.0301. The van der Waals surface area contributed by atoms with E-state index < -0.39 is 18.3 Å². The highest BCUT2D eigenvalue weighted by atomic mass is 31.2. The Kier molecular flexibility index (Phi) is 34.0. The Morgan fingerprint density at radius 3 is 1.10 bits per heavy atom. The topological polar surface area (TPSA) is 256 Å². The van der Waals surface area contributed by atoms with Crippen molar-refractivity contribution < 1.29 is 52.2 Å². The molecule has 20 heteroatoms. The number of carbonyl (C=O) groups is 5. The van der Waals surface area contributed by atoms with E-state index in [-0.39, 0.29) is 131 Å². The first-order chi connectivity index (χ1) is 32.0. The van der Waals surface area contributed by atoms with E-state index in [9.17, 15) is 33.4 Å². The third kappa shape index (κ3) is 40.5. The molecule has 0 radical (unpaired) electrons. The maximum atomic E-state index is 13.6. The van der Waals surface area contributed by atoms with Gasteiger partial charge < -0.3 is 66.2 Å². The van der Waals surface area contributed by atoms with E-state index in [1.165, 1.54) is 0 Å². The number of hydrogen-bond donors (Lipinski definition) is 9. The van der Waals surface area contributed by atoms with Gasteiger partial charge >= 0.3 is 7.60 Å². The van der Waals surface area contributed by atoms with Crippen molar-refractivity contribution in [1.82, 2.24) is 42.5 Å². The highest BCUT2D eigenvalue weighted by Gasteiger charge is 2.36. The molecule has 1 atom stereocenters. The van der Waals surface area contributed by atoms with Crippen LogP contribution in [0.5, 0.6) is 0 Å². The molecule has 0 saturated carbocycles. The fraction of sp³-hybridized carbons (Fsp3) is 0.898. The lowest BCUT2D eigenvalue weighted by Gasteiger charge is -2.34. The van der Waals surface area contributed by atoms with Crippen LogP contribution in [-0.4, -0.2) is 154 Å². The van der Waals surface area contributed by atoms with Gasteiger partial charge in [0.2, 0.25) is 29.5 Å². The van der Waals surface area contributed by atoms with Gasteiger partial charge in [-0.3, -0.25) is 28.5 Å². The zero-order chi connectivity index (χ0) is 52.5. The van der Waals surface area contributed by atoms with Crippen LogP contribution in [-0.2, 0) is 47.3 Å². The number of rotatable bonds is 40. The van der Waals surface area contributed by atoms with Gasteiger partial charge in [0.15, 0.2) is 0 Å². The standard InChI is InChI=1S/C49H99N8O11P/c1-45(2,3)54-30-18-27-51-41(59)23-34-65-37-49(38-66-35-24-42(60)52-28-19-31-55-46(4,5)6,39-67-36-25-43(61)53-29-20-32-56-47(7,8)9)57-44(62)22-17-21-40(58)50-26-15-13-14-16-33-68-69(63,64)48(10,11)12/h54-56H,13-39H2,1-12H3,(H,50,58)(H,51,59)(H,52,60)(H,53,61)(H,57,62)(H,63,64). The molecular weight excluding hydrogens is 908 g/mol. The summed E-state index contributed by atoms with van der Waals surface area (Å²) in [5.41, 5.74) is -1.31. The van der Waals surface area contributed by atoms with Gasteiger partial charge in [-0.25, -0.2) is 0 Å². The first-order valence-electron chi connectivity index (χ1n) is 25.4. The number of hydrogen-bond acceptors (Lipinski definition) is 13. The summed E-state index contributed by atoms with van der Waals surface area (Å²) in [6.07, 6.45) is 5.93. The fourth-order valence-electron chi connectivity index (χ4n) is 6.18. The molecule has 5 amide bonds. The van der Waals surface area contributed by atoms with Gasteiger partial charge in [0, 0.05) is 74.9 Å². The molecule has 0 aliphatic rings. The van der Waals surface area contributed by atoms with Crippen LogP contribution < -0.4 is 42.5 Å². The second-order valence-electron chi connectivity index (χ2n) is 22.0. The normalized spacial score (nSPS) is 13.4. The van der Waals surface area contributed by atoms with E-state index in [1.54, 1.807) is 20.8 Å². The van der Waals surface area contributed by atoms with Gasteiger partial charge in [-0.1, -0.05) is 12.8 Å². The van der Waals surface area contributed by atoms with Gasteiger partial charge in [-0.15, -0.1) is 0 Å². The van der Waals surface area contributed by atoms with Crippen LogP contribution in [0.15, 0.2) is 0 Å². The Balaban J connectivity index is 5.58. The Morgan fingerprint density at radius 1 is 0.406 bits per heavy atom. The summed E-state index contributed by atoms with van der Waals surface area (Å²) in [5, 5.41) is 24.0. The van der Waals surface area contributed by atoms with Crippen molar-refractivity contribution in [1.29, 1.82) is 0 Å². The Labute approximate surface area is 416 Å². The molecule has 69 heavy (non-hydrogen) atoms. The number of nitrogens with one attached hydrogen (secondary N) is 8. The first-order valence-corrected chi connectivity index (χ1v) is 27.0. The van der Waals surface area contributed by atoms with E-state index in [0.29, 0.717) is 32.6 Å². The highest BCUT2D eigenvalue weighted by molar-refractivity contribution is 7.54. The maximum Gasteiger partial charge on any atom is 0.333 e. The van der Waals surface area contributed by atoms with Crippen molar-refractivity contribution in [2.24, 2.45) is 0 Å². The molecule has 0 aromatic rings. The molecule has 0 aromatic carbocycles. The van der Waals surface area contributed by atoms with Crippen molar-refractivity contribution in [2.75, 3.05) is 92.1 Å². The summed E-state index contributed by atoms with van der Waals surface area (Å²) in [7, 11) is -3.69. The van der Waals surface area contributed by atoms with Gasteiger partial charge in [0.05, 0.1) is 51.4 Å². The van der Waals surface area contributed by atoms with Crippen molar-refractivity contribution >= 4 is 37.1 Å². The lowest BCUT2D eigenvalue weighted by molar-refractivity contribution is -0.131.